The summed E-state index contributed by atoms with van der Waals surface area (Å²) in [6.07, 6.45) is 5.80. The van der Waals surface area contributed by atoms with Crippen molar-refractivity contribution in [3.05, 3.63) is 47.1 Å². The molecule has 0 aromatic heterocycles. The van der Waals surface area contributed by atoms with Gasteiger partial charge in [0.2, 0.25) is 0 Å². The van der Waals surface area contributed by atoms with Crippen LogP contribution in [0.3, 0.4) is 0 Å². The Balaban J connectivity index is 3.21. The molecule has 0 N–H and O–H groups in total. The van der Waals surface area contributed by atoms with Crippen LogP contribution in [-0.4, -0.2) is 29.9 Å². The summed E-state index contributed by atoms with van der Waals surface area (Å²) in [5.41, 5.74) is 1.97. The lowest BCUT2D eigenvalue weighted by Gasteiger charge is -2.08. The molecule has 6 heteroatoms. The molecule has 0 fully saturated rings. The number of nitriles is 1. The molecular formula is C19H24N4OS. The van der Waals surface area contributed by atoms with E-state index in [-0.39, 0.29) is 12.1 Å². The number of nitrogens with zero attached hydrogens (tertiary/aromatic N) is 4. The summed E-state index contributed by atoms with van der Waals surface area (Å²) in [5, 5.41) is 10.2. The molecule has 0 saturated heterocycles. The van der Waals surface area contributed by atoms with Gasteiger partial charge in [0, 0.05) is 11.1 Å². The van der Waals surface area contributed by atoms with Crippen LogP contribution in [0.15, 0.2) is 62.0 Å². The van der Waals surface area contributed by atoms with E-state index in [2.05, 4.69) is 34.2 Å². The van der Waals surface area contributed by atoms with Gasteiger partial charge in [-0.05, 0) is 32.8 Å². The smallest absolute Gasteiger partial charge is 0.316 e. The second kappa shape index (κ2) is 10.5. The molecule has 25 heavy (non-hydrogen) atoms. The van der Waals surface area contributed by atoms with Crippen molar-refractivity contribution < 1.29 is 4.74 Å². The number of thioether (sulfide) groups is 1. The zero-order valence-electron chi connectivity index (χ0n) is 15.2. The van der Waals surface area contributed by atoms with Crippen molar-refractivity contribution >= 4 is 29.0 Å². The maximum Gasteiger partial charge on any atom is 0.316 e. The van der Waals surface area contributed by atoms with Crippen LogP contribution in [-0.2, 0) is 4.74 Å². The molecule has 0 saturated carbocycles. The summed E-state index contributed by atoms with van der Waals surface area (Å²) >= 11 is 1.42. The van der Waals surface area contributed by atoms with E-state index < -0.39 is 0 Å². The second-order valence-corrected chi connectivity index (χ2v) is 6.22. The highest BCUT2D eigenvalue weighted by atomic mass is 32.2. The minimum absolute atomic E-state index is 0.000315. The van der Waals surface area contributed by atoms with Crippen LogP contribution in [0.25, 0.3) is 0 Å². The van der Waals surface area contributed by atoms with Gasteiger partial charge in [0.15, 0.2) is 0 Å². The highest BCUT2D eigenvalue weighted by Gasteiger charge is 2.23. The van der Waals surface area contributed by atoms with Gasteiger partial charge in [0.05, 0.1) is 11.7 Å². The van der Waals surface area contributed by atoms with E-state index in [0.29, 0.717) is 29.3 Å². The molecule has 0 aromatic rings. The van der Waals surface area contributed by atoms with E-state index in [9.17, 15) is 5.26 Å². The Morgan fingerprint density at radius 3 is 2.64 bits per heavy atom. The third-order valence-corrected chi connectivity index (χ3v) is 4.53. The quantitative estimate of drug-likeness (QED) is 0.296. The number of hydrogen-bond acceptors (Lipinski definition) is 5. The Labute approximate surface area is 154 Å². The van der Waals surface area contributed by atoms with Gasteiger partial charge in [-0.2, -0.15) is 10.3 Å². The molecule has 0 aromatic carbocycles. The standard InChI is InChI=1S/C19H24N4OS/c1-7-15(8-2)12-24-19(21-10-4)23-17(9-3)16(11-20)18-22-13(5)14(6)25-18/h7-8,10,13H,1,6,9,12H2,2-5H3/b15-8?,17-16+,21-10?,23-19?. The van der Waals surface area contributed by atoms with Crippen LogP contribution in [0, 0.1) is 11.3 Å². The zero-order valence-corrected chi connectivity index (χ0v) is 16.1. The van der Waals surface area contributed by atoms with Gasteiger partial charge in [0.25, 0.3) is 0 Å². The van der Waals surface area contributed by atoms with E-state index in [4.69, 9.17) is 4.74 Å². The van der Waals surface area contributed by atoms with E-state index in [0.717, 1.165) is 10.5 Å². The van der Waals surface area contributed by atoms with Crippen molar-refractivity contribution in [2.45, 2.75) is 40.2 Å². The molecule has 0 aliphatic carbocycles. The highest BCUT2D eigenvalue weighted by Crippen LogP contribution is 2.33. The third-order valence-electron chi connectivity index (χ3n) is 3.42. The SMILES string of the molecule is C=CC(=CC)COC(N=CC)=N/C(CC)=C(\C#N)C1=NC(C)C(=C)S1. The second-order valence-electron chi connectivity index (χ2n) is 5.10. The molecule has 1 rings (SSSR count). The molecule has 0 spiro atoms. The zero-order chi connectivity index (χ0) is 18.8. The van der Waals surface area contributed by atoms with Crippen molar-refractivity contribution in [2.24, 2.45) is 15.0 Å². The summed E-state index contributed by atoms with van der Waals surface area (Å²) < 4.78 is 5.66. The first-order valence-electron chi connectivity index (χ1n) is 8.06. The maximum absolute atomic E-state index is 9.59. The summed E-state index contributed by atoms with van der Waals surface area (Å²) in [7, 11) is 0. The molecular weight excluding hydrogens is 332 g/mol. The molecule has 132 valence electrons. The topological polar surface area (TPSA) is 70.1 Å². The van der Waals surface area contributed by atoms with Gasteiger partial charge in [-0.3, -0.25) is 4.99 Å². The Kier molecular flexibility index (Phi) is 8.65. The van der Waals surface area contributed by atoms with Crippen LogP contribution in [0.1, 0.15) is 34.1 Å². The molecule has 1 aliphatic rings. The Morgan fingerprint density at radius 1 is 1.48 bits per heavy atom. The van der Waals surface area contributed by atoms with Crippen molar-refractivity contribution in [3.8, 4) is 6.07 Å². The fraction of sp³-hybridized carbons (Fsp3) is 0.368. The van der Waals surface area contributed by atoms with Crippen LogP contribution >= 0.6 is 11.8 Å². The number of allylic oxidation sites excluding steroid dienone is 2. The van der Waals surface area contributed by atoms with E-state index in [1.807, 2.05) is 26.8 Å². The minimum Gasteiger partial charge on any atom is -0.459 e. The average molecular weight is 356 g/mol. The first-order valence-corrected chi connectivity index (χ1v) is 8.88. The molecule has 1 unspecified atom stereocenters. The van der Waals surface area contributed by atoms with E-state index in [1.54, 1.807) is 19.2 Å². The van der Waals surface area contributed by atoms with Gasteiger partial charge in [0.1, 0.15) is 23.3 Å². The lowest BCUT2D eigenvalue weighted by atomic mass is 10.2. The summed E-state index contributed by atoms with van der Waals surface area (Å²) in [4.78, 5) is 14.0. The molecule has 1 atom stereocenters. The maximum atomic E-state index is 9.59. The molecule has 0 amide bonds. The first-order chi connectivity index (χ1) is 12.0. The highest BCUT2D eigenvalue weighted by molar-refractivity contribution is 8.18. The summed E-state index contributed by atoms with van der Waals surface area (Å²) in [6, 6.07) is 2.43. The predicted molar refractivity (Wildman–Crippen MR) is 108 cm³/mol. The lowest BCUT2D eigenvalue weighted by molar-refractivity contribution is 0.337. The van der Waals surface area contributed by atoms with Crippen LogP contribution < -0.4 is 0 Å². The number of amidine groups is 1. The fourth-order valence-electron chi connectivity index (χ4n) is 1.88. The van der Waals surface area contributed by atoms with Gasteiger partial charge >= 0.3 is 6.02 Å². The number of aliphatic imine (C=N–C) groups is 3. The van der Waals surface area contributed by atoms with Crippen molar-refractivity contribution in [1.29, 1.82) is 5.26 Å². The lowest BCUT2D eigenvalue weighted by Crippen LogP contribution is -2.07. The van der Waals surface area contributed by atoms with Crippen LogP contribution in [0.4, 0.5) is 0 Å². The van der Waals surface area contributed by atoms with Gasteiger partial charge < -0.3 is 4.74 Å². The summed E-state index contributed by atoms with van der Waals surface area (Å²) in [6.45, 7) is 15.6. The Hall–Kier alpha value is -2.39. The van der Waals surface area contributed by atoms with Gasteiger partial charge in [-0.15, -0.1) is 0 Å². The Morgan fingerprint density at radius 2 is 2.20 bits per heavy atom. The van der Waals surface area contributed by atoms with Crippen LogP contribution in [0.5, 0.6) is 0 Å². The van der Waals surface area contributed by atoms with Gasteiger partial charge in [-0.25, -0.2) is 4.99 Å². The van der Waals surface area contributed by atoms with Crippen molar-refractivity contribution in [3.63, 3.8) is 0 Å². The molecule has 1 heterocycles. The normalized spacial score (nSPS) is 19.6. The average Bonchev–Trinajstić information content (AvgIpc) is 2.93. The largest absolute Gasteiger partial charge is 0.459 e. The van der Waals surface area contributed by atoms with Gasteiger partial charge in [-0.1, -0.05) is 44.0 Å². The molecule has 5 nitrogen and oxygen atoms in total. The van der Waals surface area contributed by atoms with Crippen LogP contribution in [0.2, 0.25) is 0 Å². The third kappa shape index (κ3) is 5.87. The summed E-state index contributed by atoms with van der Waals surface area (Å²) in [5.74, 6) is 0. The van der Waals surface area contributed by atoms with Crippen molar-refractivity contribution in [1.82, 2.24) is 0 Å². The number of ether oxygens (including phenoxy) is 1. The first kappa shape index (κ1) is 20.7. The predicted octanol–water partition coefficient (Wildman–Crippen LogP) is 4.82. The molecule has 0 bridgehead atoms. The molecule has 1 aliphatic heterocycles. The fourth-order valence-corrected chi connectivity index (χ4v) is 2.83. The Bertz CT molecular complexity index is 720. The minimum atomic E-state index is -0.000315. The monoisotopic (exact) mass is 356 g/mol. The van der Waals surface area contributed by atoms with E-state index >= 15 is 0 Å². The number of hydrogen-bond donors (Lipinski definition) is 0. The van der Waals surface area contributed by atoms with E-state index in [1.165, 1.54) is 11.8 Å². The van der Waals surface area contributed by atoms with Crippen molar-refractivity contribution in [2.75, 3.05) is 6.61 Å². The number of rotatable bonds is 6. The molecule has 0 radical (unpaired) electrons.